The Kier molecular flexibility index (Phi) is 2.18. The van der Waals surface area contributed by atoms with Crippen LogP contribution in [0.3, 0.4) is 0 Å². The number of aryl methyl sites for hydroxylation is 1. The third-order valence-corrected chi connectivity index (χ3v) is 2.41. The molecule has 0 saturated carbocycles. The molecule has 5 heteroatoms. The molecule has 1 unspecified atom stereocenters. The van der Waals surface area contributed by atoms with Crippen LogP contribution in [0.2, 0.25) is 0 Å². The molecule has 2 heterocycles. The summed E-state index contributed by atoms with van der Waals surface area (Å²) < 4.78 is 5.32. The van der Waals surface area contributed by atoms with Crippen LogP contribution in [0.1, 0.15) is 12.3 Å². The van der Waals surface area contributed by atoms with Gasteiger partial charge in [-0.15, -0.1) is 5.10 Å². The van der Waals surface area contributed by atoms with Gasteiger partial charge in [0.2, 0.25) is 5.89 Å². The molecule has 72 valence electrons. The van der Waals surface area contributed by atoms with Crippen LogP contribution >= 0.6 is 0 Å². The van der Waals surface area contributed by atoms with Crippen LogP contribution in [-0.2, 0) is 0 Å². The summed E-state index contributed by atoms with van der Waals surface area (Å²) in [5, 5.41) is 7.76. The zero-order valence-corrected chi connectivity index (χ0v) is 7.73. The predicted octanol–water partition coefficient (Wildman–Crippen LogP) is 0.163. The van der Waals surface area contributed by atoms with Gasteiger partial charge in [0.25, 0.3) is 0 Å². The van der Waals surface area contributed by atoms with Crippen molar-refractivity contribution in [1.82, 2.24) is 10.2 Å². The molecule has 1 aliphatic rings. The molecular formula is C8H14N4O. The van der Waals surface area contributed by atoms with E-state index in [0.29, 0.717) is 17.8 Å². The van der Waals surface area contributed by atoms with Crippen molar-refractivity contribution in [3.8, 4) is 0 Å². The average Bonchev–Trinajstić information content (AvgIpc) is 2.71. The first kappa shape index (κ1) is 8.50. The second-order valence-electron chi connectivity index (χ2n) is 3.44. The zero-order chi connectivity index (χ0) is 9.26. The monoisotopic (exact) mass is 182 g/mol. The van der Waals surface area contributed by atoms with Crippen LogP contribution in [0, 0.1) is 12.8 Å². The van der Waals surface area contributed by atoms with E-state index in [4.69, 9.17) is 10.2 Å². The quantitative estimate of drug-likeness (QED) is 0.705. The number of rotatable bonds is 2. The zero-order valence-electron chi connectivity index (χ0n) is 7.73. The highest BCUT2D eigenvalue weighted by atomic mass is 16.4. The van der Waals surface area contributed by atoms with Crippen LogP contribution in [0.15, 0.2) is 4.42 Å². The van der Waals surface area contributed by atoms with Gasteiger partial charge in [-0.2, -0.15) is 0 Å². The van der Waals surface area contributed by atoms with Crippen molar-refractivity contribution in [1.29, 1.82) is 0 Å². The van der Waals surface area contributed by atoms with Crippen molar-refractivity contribution >= 4 is 6.01 Å². The molecule has 1 atom stereocenters. The third-order valence-electron chi connectivity index (χ3n) is 2.41. The van der Waals surface area contributed by atoms with Gasteiger partial charge in [0, 0.05) is 20.0 Å². The van der Waals surface area contributed by atoms with Crippen molar-refractivity contribution in [2.45, 2.75) is 13.3 Å². The fraction of sp³-hybridized carbons (Fsp3) is 0.750. The van der Waals surface area contributed by atoms with Gasteiger partial charge in [-0.05, 0) is 18.9 Å². The largest absolute Gasteiger partial charge is 0.408 e. The summed E-state index contributed by atoms with van der Waals surface area (Å²) in [4.78, 5) is 2.09. The highest BCUT2D eigenvalue weighted by Crippen LogP contribution is 2.21. The van der Waals surface area contributed by atoms with Crippen molar-refractivity contribution < 1.29 is 4.42 Å². The Morgan fingerprint density at radius 3 is 3.00 bits per heavy atom. The molecule has 0 amide bonds. The van der Waals surface area contributed by atoms with E-state index in [9.17, 15) is 0 Å². The van der Waals surface area contributed by atoms with E-state index in [0.717, 1.165) is 26.1 Å². The van der Waals surface area contributed by atoms with E-state index in [2.05, 4.69) is 15.1 Å². The molecule has 5 nitrogen and oxygen atoms in total. The molecule has 0 aliphatic carbocycles. The lowest BCUT2D eigenvalue weighted by Gasteiger charge is -2.11. The number of nitrogens with zero attached hydrogens (tertiary/aromatic N) is 3. The van der Waals surface area contributed by atoms with E-state index in [1.807, 2.05) is 0 Å². The summed E-state index contributed by atoms with van der Waals surface area (Å²) in [6.45, 7) is 4.46. The molecular weight excluding hydrogens is 168 g/mol. The van der Waals surface area contributed by atoms with Crippen molar-refractivity contribution in [3.05, 3.63) is 5.89 Å². The normalized spacial score (nSPS) is 22.6. The summed E-state index contributed by atoms with van der Waals surface area (Å²) in [6.07, 6.45) is 1.12. The topological polar surface area (TPSA) is 68.2 Å². The Morgan fingerprint density at radius 1 is 1.62 bits per heavy atom. The van der Waals surface area contributed by atoms with Gasteiger partial charge in [-0.3, -0.25) is 0 Å². The molecule has 2 N–H and O–H groups in total. The third kappa shape index (κ3) is 1.65. The lowest BCUT2D eigenvalue weighted by atomic mass is 10.1. The summed E-state index contributed by atoms with van der Waals surface area (Å²) >= 11 is 0. The van der Waals surface area contributed by atoms with Crippen LogP contribution in [0.4, 0.5) is 6.01 Å². The Labute approximate surface area is 76.9 Å². The summed E-state index contributed by atoms with van der Waals surface area (Å²) in [7, 11) is 0. The van der Waals surface area contributed by atoms with E-state index >= 15 is 0 Å². The molecule has 0 aromatic carbocycles. The summed E-state index contributed by atoms with van der Waals surface area (Å²) in [6, 6.07) is 0.633. The molecule has 0 spiro atoms. The molecule has 1 saturated heterocycles. The first-order valence-electron chi connectivity index (χ1n) is 4.54. The average molecular weight is 182 g/mol. The van der Waals surface area contributed by atoms with E-state index < -0.39 is 0 Å². The fourth-order valence-corrected chi connectivity index (χ4v) is 1.61. The Bertz CT molecular complexity index is 285. The standard InChI is InChI=1S/C8H14N4O/c1-6-10-11-8(13-6)12-3-2-7(4-9)5-12/h7H,2-5,9H2,1H3. The summed E-state index contributed by atoms with van der Waals surface area (Å²) in [5.74, 6) is 1.19. The molecule has 0 radical (unpaired) electrons. The molecule has 0 bridgehead atoms. The van der Waals surface area contributed by atoms with Gasteiger partial charge in [0.05, 0.1) is 0 Å². The molecule has 1 aliphatic heterocycles. The minimum atomic E-state index is 0.576. The maximum absolute atomic E-state index is 5.59. The van der Waals surface area contributed by atoms with Gasteiger partial charge in [-0.25, -0.2) is 0 Å². The molecule has 1 aromatic rings. The van der Waals surface area contributed by atoms with Gasteiger partial charge >= 0.3 is 6.01 Å². The van der Waals surface area contributed by atoms with Gasteiger partial charge < -0.3 is 15.1 Å². The smallest absolute Gasteiger partial charge is 0.318 e. The Balaban J connectivity index is 2.03. The van der Waals surface area contributed by atoms with E-state index in [-0.39, 0.29) is 0 Å². The minimum Gasteiger partial charge on any atom is -0.408 e. The SMILES string of the molecule is Cc1nnc(N2CCC(CN)C2)o1. The summed E-state index contributed by atoms with van der Waals surface area (Å²) in [5.41, 5.74) is 5.59. The van der Waals surface area contributed by atoms with E-state index in [1.54, 1.807) is 6.92 Å². The van der Waals surface area contributed by atoms with Crippen LogP contribution < -0.4 is 10.6 Å². The molecule has 13 heavy (non-hydrogen) atoms. The van der Waals surface area contributed by atoms with Crippen LogP contribution in [0.5, 0.6) is 0 Å². The highest BCUT2D eigenvalue weighted by molar-refractivity contribution is 5.26. The Hall–Kier alpha value is -1.10. The number of hydrogen-bond acceptors (Lipinski definition) is 5. The number of anilines is 1. The number of aromatic nitrogens is 2. The maximum atomic E-state index is 5.59. The van der Waals surface area contributed by atoms with Crippen LogP contribution in [0.25, 0.3) is 0 Å². The highest BCUT2D eigenvalue weighted by Gasteiger charge is 2.24. The van der Waals surface area contributed by atoms with Crippen molar-refractivity contribution in [2.24, 2.45) is 11.7 Å². The number of nitrogens with two attached hydrogens (primary N) is 1. The van der Waals surface area contributed by atoms with Gasteiger partial charge in [-0.1, -0.05) is 5.10 Å². The van der Waals surface area contributed by atoms with Crippen molar-refractivity contribution in [2.75, 3.05) is 24.5 Å². The lowest BCUT2D eigenvalue weighted by Crippen LogP contribution is -2.22. The van der Waals surface area contributed by atoms with Gasteiger partial charge in [0.1, 0.15) is 0 Å². The number of hydrogen-bond donors (Lipinski definition) is 1. The first-order chi connectivity index (χ1) is 6.29. The first-order valence-corrected chi connectivity index (χ1v) is 4.54. The minimum absolute atomic E-state index is 0.576. The van der Waals surface area contributed by atoms with Crippen molar-refractivity contribution in [3.63, 3.8) is 0 Å². The molecule has 1 fully saturated rings. The predicted molar refractivity (Wildman–Crippen MR) is 48.4 cm³/mol. The van der Waals surface area contributed by atoms with Crippen LogP contribution in [-0.4, -0.2) is 29.8 Å². The fourth-order valence-electron chi connectivity index (χ4n) is 1.61. The molecule has 1 aromatic heterocycles. The molecule has 2 rings (SSSR count). The van der Waals surface area contributed by atoms with E-state index in [1.165, 1.54) is 0 Å². The maximum Gasteiger partial charge on any atom is 0.318 e. The Morgan fingerprint density at radius 2 is 2.46 bits per heavy atom. The second kappa shape index (κ2) is 3.33. The van der Waals surface area contributed by atoms with Gasteiger partial charge in [0.15, 0.2) is 0 Å². The second-order valence-corrected chi connectivity index (χ2v) is 3.44. The lowest BCUT2D eigenvalue weighted by molar-refractivity contribution is 0.509.